The molecule has 1 aromatic rings. The number of benzene rings is 1. The van der Waals surface area contributed by atoms with Crippen molar-refractivity contribution in [3.63, 3.8) is 0 Å². The van der Waals surface area contributed by atoms with Gasteiger partial charge < -0.3 is 10.8 Å². The van der Waals surface area contributed by atoms with Gasteiger partial charge in [-0.25, -0.2) is 8.42 Å². The van der Waals surface area contributed by atoms with Gasteiger partial charge in [-0.1, -0.05) is 40.5 Å². The van der Waals surface area contributed by atoms with E-state index in [4.69, 9.17) is 5.73 Å². The van der Waals surface area contributed by atoms with Crippen LogP contribution in [0.25, 0.3) is 0 Å². The van der Waals surface area contributed by atoms with Crippen molar-refractivity contribution >= 4 is 25.8 Å². The molecule has 0 bridgehead atoms. The number of aliphatic hydroxyl groups excluding tert-OH is 1. The van der Waals surface area contributed by atoms with E-state index in [2.05, 4.69) is 15.9 Å². The molecule has 0 radical (unpaired) electrons. The first-order chi connectivity index (χ1) is 9.47. The fourth-order valence-electron chi connectivity index (χ4n) is 2.85. The standard InChI is InChI=1S/C14H20BrNO3S/c15-12-6-2-1-5-10(12)11(9-16)14(17)13-7-3-4-8-20(13,18)19/h1-2,5-6,11,13-14,17H,3-4,7-9,16H2. The van der Waals surface area contributed by atoms with Crippen LogP contribution in [0.3, 0.4) is 0 Å². The van der Waals surface area contributed by atoms with Gasteiger partial charge in [-0.3, -0.25) is 0 Å². The van der Waals surface area contributed by atoms with Gasteiger partial charge in [-0.05, 0) is 24.5 Å². The summed E-state index contributed by atoms with van der Waals surface area (Å²) < 4.78 is 25.1. The fourth-order valence-corrected chi connectivity index (χ4v) is 5.48. The Morgan fingerprint density at radius 1 is 1.35 bits per heavy atom. The van der Waals surface area contributed by atoms with Gasteiger partial charge in [0.2, 0.25) is 0 Å². The second-order valence-electron chi connectivity index (χ2n) is 5.26. The number of hydrogen-bond acceptors (Lipinski definition) is 4. The van der Waals surface area contributed by atoms with Gasteiger partial charge in [0.05, 0.1) is 17.1 Å². The molecule has 20 heavy (non-hydrogen) atoms. The highest BCUT2D eigenvalue weighted by atomic mass is 79.9. The van der Waals surface area contributed by atoms with Gasteiger partial charge >= 0.3 is 0 Å². The molecule has 0 saturated carbocycles. The monoisotopic (exact) mass is 361 g/mol. The van der Waals surface area contributed by atoms with Gasteiger partial charge in [-0.15, -0.1) is 0 Å². The predicted molar refractivity (Wildman–Crippen MR) is 83.4 cm³/mol. The Morgan fingerprint density at radius 3 is 2.65 bits per heavy atom. The van der Waals surface area contributed by atoms with Gasteiger partial charge in [-0.2, -0.15) is 0 Å². The molecule has 1 saturated heterocycles. The van der Waals surface area contributed by atoms with Crippen LogP contribution in [0.4, 0.5) is 0 Å². The molecular weight excluding hydrogens is 342 g/mol. The average molecular weight is 362 g/mol. The summed E-state index contributed by atoms with van der Waals surface area (Å²) in [7, 11) is -3.22. The maximum absolute atomic E-state index is 12.1. The smallest absolute Gasteiger partial charge is 0.155 e. The van der Waals surface area contributed by atoms with Crippen molar-refractivity contribution in [1.82, 2.24) is 0 Å². The van der Waals surface area contributed by atoms with E-state index in [0.717, 1.165) is 16.5 Å². The molecule has 2 rings (SSSR count). The van der Waals surface area contributed by atoms with Crippen LogP contribution in [-0.2, 0) is 9.84 Å². The Labute approximate surface area is 128 Å². The van der Waals surface area contributed by atoms with E-state index in [1.165, 1.54) is 0 Å². The zero-order chi connectivity index (χ0) is 14.8. The molecule has 0 spiro atoms. The van der Waals surface area contributed by atoms with Crippen LogP contribution >= 0.6 is 15.9 Å². The highest BCUT2D eigenvalue weighted by Crippen LogP contribution is 2.33. The lowest BCUT2D eigenvalue weighted by Gasteiger charge is -2.32. The summed E-state index contributed by atoms with van der Waals surface area (Å²) in [5.74, 6) is -0.203. The first-order valence-electron chi connectivity index (χ1n) is 6.81. The second kappa shape index (κ2) is 6.56. The van der Waals surface area contributed by atoms with Gasteiger partial charge in [0, 0.05) is 16.9 Å². The zero-order valence-corrected chi connectivity index (χ0v) is 13.6. The number of nitrogens with two attached hydrogens (primary N) is 1. The molecule has 1 aliphatic heterocycles. The van der Waals surface area contributed by atoms with Crippen LogP contribution in [0.2, 0.25) is 0 Å². The van der Waals surface area contributed by atoms with Gasteiger partial charge in [0.1, 0.15) is 0 Å². The van der Waals surface area contributed by atoms with E-state index in [0.29, 0.717) is 12.8 Å². The molecule has 1 heterocycles. The van der Waals surface area contributed by atoms with Crippen LogP contribution in [0, 0.1) is 0 Å². The first kappa shape index (κ1) is 15.9. The summed E-state index contributed by atoms with van der Waals surface area (Å²) in [5, 5.41) is 9.87. The number of rotatable bonds is 4. The van der Waals surface area contributed by atoms with Crippen LogP contribution in [0.15, 0.2) is 28.7 Å². The normalized spacial score (nSPS) is 25.1. The lowest BCUT2D eigenvalue weighted by atomic mass is 9.90. The maximum atomic E-state index is 12.1. The van der Waals surface area contributed by atoms with E-state index < -0.39 is 21.2 Å². The molecule has 0 aromatic heterocycles. The van der Waals surface area contributed by atoms with E-state index in [1.54, 1.807) is 0 Å². The molecular formula is C14H20BrNO3S. The van der Waals surface area contributed by atoms with Crippen molar-refractivity contribution in [1.29, 1.82) is 0 Å². The van der Waals surface area contributed by atoms with Crippen molar-refractivity contribution in [3.8, 4) is 0 Å². The summed E-state index contributed by atoms with van der Waals surface area (Å²) in [6.45, 7) is 0.218. The van der Waals surface area contributed by atoms with Crippen LogP contribution in [-0.4, -0.2) is 37.2 Å². The molecule has 6 heteroatoms. The number of halogens is 1. The van der Waals surface area contributed by atoms with Crippen LogP contribution in [0.5, 0.6) is 0 Å². The maximum Gasteiger partial charge on any atom is 0.155 e. The minimum Gasteiger partial charge on any atom is -0.391 e. The Hall–Kier alpha value is -0.430. The van der Waals surface area contributed by atoms with E-state index in [9.17, 15) is 13.5 Å². The number of aliphatic hydroxyl groups is 1. The quantitative estimate of drug-likeness (QED) is 0.856. The topological polar surface area (TPSA) is 80.4 Å². The third-order valence-electron chi connectivity index (χ3n) is 3.98. The molecule has 3 unspecified atom stereocenters. The van der Waals surface area contributed by atoms with Crippen molar-refractivity contribution in [3.05, 3.63) is 34.3 Å². The Morgan fingerprint density at radius 2 is 2.05 bits per heavy atom. The largest absolute Gasteiger partial charge is 0.391 e. The second-order valence-corrected chi connectivity index (χ2v) is 8.45. The minimum absolute atomic E-state index is 0.169. The summed E-state index contributed by atoms with van der Waals surface area (Å²) in [6.07, 6.45) is 1.09. The van der Waals surface area contributed by atoms with Crippen molar-refractivity contribution in [2.75, 3.05) is 12.3 Å². The minimum atomic E-state index is -3.22. The summed E-state index contributed by atoms with van der Waals surface area (Å²) in [4.78, 5) is 0. The Bertz CT molecular complexity index is 561. The van der Waals surface area contributed by atoms with Crippen LogP contribution < -0.4 is 5.73 Å². The Kier molecular flexibility index (Phi) is 5.23. The van der Waals surface area contributed by atoms with Gasteiger partial charge in [0.25, 0.3) is 0 Å². The lowest BCUT2D eigenvalue weighted by Crippen LogP contribution is -2.43. The third kappa shape index (κ3) is 3.24. The zero-order valence-electron chi connectivity index (χ0n) is 11.2. The van der Waals surface area contributed by atoms with Crippen molar-refractivity contribution in [2.24, 2.45) is 5.73 Å². The average Bonchev–Trinajstić information content (AvgIpc) is 2.41. The third-order valence-corrected chi connectivity index (χ3v) is 7.00. The summed E-state index contributed by atoms with van der Waals surface area (Å²) >= 11 is 3.44. The molecule has 112 valence electrons. The number of hydrogen-bond donors (Lipinski definition) is 2. The highest BCUT2D eigenvalue weighted by molar-refractivity contribution is 9.10. The number of sulfone groups is 1. The molecule has 3 N–H and O–H groups in total. The summed E-state index contributed by atoms with van der Waals surface area (Å²) in [6, 6.07) is 7.50. The first-order valence-corrected chi connectivity index (χ1v) is 9.32. The van der Waals surface area contributed by atoms with E-state index in [1.807, 2.05) is 24.3 Å². The van der Waals surface area contributed by atoms with Crippen LogP contribution in [0.1, 0.15) is 30.7 Å². The van der Waals surface area contributed by atoms with E-state index >= 15 is 0 Å². The fraction of sp³-hybridized carbons (Fsp3) is 0.571. The van der Waals surface area contributed by atoms with E-state index in [-0.39, 0.29) is 18.2 Å². The molecule has 1 fully saturated rings. The molecule has 1 aliphatic rings. The molecule has 0 aliphatic carbocycles. The highest BCUT2D eigenvalue weighted by Gasteiger charge is 2.38. The van der Waals surface area contributed by atoms with Gasteiger partial charge in [0.15, 0.2) is 9.84 Å². The SMILES string of the molecule is NCC(c1ccccc1Br)C(O)C1CCCCS1(=O)=O. The Balaban J connectivity index is 2.30. The molecule has 1 aromatic carbocycles. The predicted octanol–water partition coefficient (Wildman–Crippen LogP) is 1.82. The molecule has 4 nitrogen and oxygen atoms in total. The van der Waals surface area contributed by atoms with Crippen molar-refractivity contribution in [2.45, 2.75) is 36.5 Å². The summed E-state index contributed by atoms with van der Waals surface area (Å²) in [5.41, 5.74) is 6.66. The molecule has 3 atom stereocenters. The van der Waals surface area contributed by atoms with Crippen molar-refractivity contribution < 1.29 is 13.5 Å². The lowest BCUT2D eigenvalue weighted by molar-refractivity contribution is 0.133. The molecule has 0 amide bonds.